The molecule has 1 aliphatic heterocycles. The molecule has 1 heterocycles. The fourth-order valence-electron chi connectivity index (χ4n) is 1.08. The molecule has 0 radical (unpaired) electrons. The van der Waals surface area contributed by atoms with Crippen LogP contribution in [-0.2, 0) is 0 Å². The van der Waals surface area contributed by atoms with Gasteiger partial charge in [-0.15, -0.1) is 0 Å². The Morgan fingerprint density at radius 1 is 1.42 bits per heavy atom. The van der Waals surface area contributed by atoms with Crippen LogP contribution in [0.5, 0.6) is 0 Å². The van der Waals surface area contributed by atoms with Crippen molar-refractivity contribution >= 4 is 0 Å². The number of rotatable bonds is 0. The molecule has 0 spiro atoms. The number of nitrogens with zero attached hydrogens (tertiary/aromatic N) is 1. The molecule has 0 amide bonds. The largest absolute Gasteiger partial charge is 0.304 e. The van der Waals surface area contributed by atoms with E-state index in [1.165, 1.54) is 25.0 Å². The van der Waals surface area contributed by atoms with Gasteiger partial charge in [0.25, 0.3) is 0 Å². The van der Waals surface area contributed by atoms with Gasteiger partial charge in [-0.1, -0.05) is 11.6 Å². The van der Waals surface area contributed by atoms with E-state index in [1.807, 2.05) is 6.92 Å². The van der Waals surface area contributed by atoms with Crippen molar-refractivity contribution in [2.75, 3.05) is 13.6 Å². The lowest BCUT2D eigenvalue weighted by Crippen LogP contribution is -2.20. The van der Waals surface area contributed by atoms with E-state index in [9.17, 15) is 0 Å². The molecular formula is C11H23N. The zero-order chi connectivity index (χ0) is 9.56. The minimum Gasteiger partial charge on any atom is -0.304 e. The van der Waals surface area contributed by atoms with Crippen LogP contribution < -0.4 is 0 Å². The number of allylic oxidation sites excluding steroid dienone is 2. The Kier molecular flexibility index (Phi) is 6.09. The normalized spacial score (nSPS) is 22.9. The highest BCUT2D eigenvalue weighted by Gasteiger charge is 2.14. The van der Waals surface area contributed by atoms with Crippen LogP contribution in [0.2, 0.25) is 0 Å². The highest BCUT2D eigenvalue weighted by atomic mass is 15.1. The number of hydrogen-bond acceptors (Lipinski definition) is 1. The summed E-state index contributed by atoms with van der Waals surface area (Å²) >= 11 is 0. The second kappa shape index (κ2) is 6.24. The monoisotopic (exact) mass is 169 g/mol. The fraction of sp³-hybridized carbons (Fsp3) is 0.818. The molecule has 1 saturated heterocycles. The zero-order valence-corrected chi connectivity index (χ0v) is 9.22. The van der Waals surface area contributed by atoms with Gasteiger partial charge in [-0.25, -0.2) is 0 Å². The Morgan fingerprint density at radius 2 is 1.92 bits per heavy atom. The molecule has 72 valence electrons. The van der Waals surface area contributed by atoms with Crippen LogP contribution in [0.15, 0.2) is 11.6 Å². The van der Waals surface area contributed by atoms with Crippen molar-refractivity contribution in [1.82, 2.24) is 4.90 Å². The Balaban J connectivity index is 0.000000217. The molecule has 0 aromatic rings. The average molecular weight is 169 g/mol. The predicted molar refractivity (Wildman–Crippen MR) is 56.4 cm³/mol. The quantitative estimate of drug-likeness (QED) is 0.504. The summed E-state index contributed by atoms with van der Waals surface area (Å²) in [5.74, 6) is 0. The number of likely N-dealkylation sites (tertiary alicyclic amines) is 1. The topological polar surface area (TPSA) is 3.24 Å². The van der Waals surface area contributed by atoms with Crippen molar-refractivity contribution in [3.63, 3.8) is 0 Å². The summed E-state index contributed by atoms with van der Waals surface area (Å²) in [6.07, 6.45) is 4.88. The van der Waals surface area contributed by atoms with Crippen molar-refractivity contribution in [3.05, 3.63) is 11.6 Å². The lowest BCUT2D eigenvalue weighted by molar-refractivity contribution is 0.331. The van der Waals surface area contributed by atoms with Gasteiger partial charge in [-0.3, -0.25) is 0 Å². The van der Waals surface area contributed by atoms with E-state index in [1.54, 1.807) is 0 Å². The third-order valence-electron chi connectivity index (χ3n) is 2.46. The van der Waals surface area contributed by atoms with Gasteiger partial charge in [-0.05, 0) is 54.1 Å². The summed E-state index contributed by atoms with van der Waals surface area (Å²) < 4.78 is 0. The molecule has 1 atom stereocenters. The molecule has 0 saturated carbocycles. The molecule has 1 aliphatic rings. The van der Waals surface area contributed by atoms with Crippen LogP contribution in [0.25, 0.3) is 0 Å². The summed E-state index contributed by atoms with van der Waals surface area (Å²) in [5, 5.41) is 0. The molecule has 12 heavy (non-hydrogen) atoms. The molecule has 1 fully saturated rings. The van der Waals surface area contributed by atoms with Crippen molar-refractivity contribution < 1.29 is 0 Å². The molecule has 0 aromatic carbocycles. The van der Waals surface area contributed by atoms with Crippen molar-refractivity contribution in [3.8, 4) is 0 Å². The molecule has 1 unspecified atom stereocenters. The van der Waals surface area contributed by atoms with Gasteiger partial charge in [0.2, 0.25) is 0 Å². The summed E-state index contributed by atoms with van der Waals surface area (Å²) in [6, 6.07) is 0.847. The third-order valence-corrected chi connectivity index (χ3v) is 2.46. The minimum absolute atomic E-state index is 0.847. The van der Waals surface area contributed by atoms with Crippen molar-refractivity contribution in [2.45, 2.75) is 46.6 Å². The summed E-state index contributed by atoms with van der Waals surface area (Å²) in [7, 11) is 2.19. The molecule has 0 aliphatic carbocycles. The van der Waals surface area contributed by atoms with Crippen LogP contribution in [-0.4, -0.2) is 24.5 Å². The van der Waals surface area contributed by atoms with E-state index in [0.717, 1.165) is 6.04 Å². The lowest BCUT2D eigenvalue weighted by atomic mass is 10.3. The molecule has 1 heteroatoms. The minimum atomic E-state index is 0.847. The van der Waals surface area contributed by atoms with E-state index in [2.05, 4.69) is 38.8 Å². The standard InChI is InChI=1S/C6H13N.C5H10/c1-6-4-3-5-7(6)2;1-4-5(2)3/h6H,3-5H2,1-2H3;4H,1-3H3. The average Bonchev–Trinajstić information content (AvgIpc) is 2.37. The van der Waals surface area contributed by atoms with E-state index >= 15 is 0 Å². The predicted octanol–water partition coefficient (Wildman–Crippen LogP) is 3.07. The van der Waals surface area contributed by atoms with E-state index in [-0.39, 0.29) is 0 Å². The maximum absolute atomic E-state index is 2.40. The van der Waals surface area contributed by atoms with Gasteiger partial charge in [0, 0.05) is 6.04 Å². The maximum atomic E-state index is 2.40. The molecule has 1 nitrogen and oxygen atoms in total. The Hall–Kier alpha value is -0.300. The van der Waals surface area contributed by atoms with Gasteiger partial charge < -0.3 is 4.90 Å². The van der Waals surface area contributed by atoms with Gasteiger partial charge in [-0.2, -0.15) is 0 Å². The molecular weight excluding hydrogens is 146 g/mol. The summed E-state index contributed by atoms with van der Waals surface area (Å²) in [4.78, 5) is 2.40. The summed E-state index contributed by atoms with van der Waals surface area (Å²) in [5.41, 5.74) is 1.38. The Bertz CT molecular complexity index is 126. The number of hydrogen-bond donors (Lipinski definition) is 0. The summed E-state index contributed by atoms with van der Waals surface area (Å²) in [6.45, 7) is 9.80. The highest BCUT2D eigenvalue weighted by molar-refractivity contribution is 4.88. The molecule has 0 N–H and O–H groups in total. The smallest absolute Gasteiger partial charge is 0.00643 e. The van der Waals surface area contributed by atoms with Crippen LogP contribution in [0.1, 0.15) is 40.5 Å². The van der Waals surface area contributed by atoms with Crippen LogP contribution in [0, 0.1) is 0 Å². The van der Waals surface area contributed by atoms with Gasteiger partial charge in [0.05, 0.1) is 0 Å². The molecule has 0 aromatic heterocycles. The van der Waals surface area contributed by atoms with Crippen molar-refractivity contribution in [1.29, 1.82) is 0 Å². The second-order valence-corrected chi connectivity index (χ2v) is 3.84. The first kappa shape index (κ1) is 11.7. The molecule has 1 rings (SSSR count). The first-order valence-electron chi connectivity index (χ1n) is 4.87. The van der Waals surface area contributed by atoms with Crippen molar-refractivity contribution in [2.24, 2.45) is 0 Å². The van der Waals surface area contributed by atoms with Crippen LogP contribution >= 0.6 is 0 Å². The van der Waals surface area contributed by atoms with E-state index in [0.29, 0.717) is 0 Å². The Morgan fingerprint density at radius 3 is 2.00 bits per heavy atom. The Labute approximate surface area is 77.5 Å². The third kappa shape index (κ3) is 5.36. The SMILES string of the molecule is CC1CCCN1C.CC=C(C)C. The zero-order valence-electron chi connectivity index (χ0n) is 9.22. The maximum Gasteiger partial charge on any atom is 0.00643 e. The van der Waals surface area contributed by atoms with Crippen LogP contribution in [0.3, 0.4) is 0 Å². The molecule has 0 bridgehead atoms. The van der Waals surface area contributed by atoms with E-state index in [4.69, 9.17) is 0 Å². The van der Waals surface area contributed by atoms with Gasteiger partial charge >= 0.3 is 0 Å². The second-order valence-electron chi connectivity index (χ2n) is 3.84. The first-order chi connectivity index (χ1) is 5.57. The van der Waals surface area contributed by atoms with E-state index < -0.39 is 0 Å². The lowest BCUT2D eigenvalue weighted by Gasteiger charge is -2.12. The van der Waals surface area contributed by atoms with Crippen LogP contribution in [0.4, 0.5) is 0 Å². The van der Waals surface area contributed by atoms with Gasteiger partial charge in [0.15, 0.2) is 0 Å². The first-order valence-corrected chi connectivity index (χ1v) is 4.87. The van der Waals surface area contributed by atoms with Gasteiger partial charge in [0.1, 0.15) is 0 Å². The fourth-order valence-corrected chi connectivity index (χ4v) is 1.08. The highest BCUT2D eigenvalue weighted by Crippen LogP contribution is 2.12.